The number of nitrogens with one attached hydrogen (secondary N) is 5. The van der Waals surface area contributed by atoms with E-state index in [1.165, 1.54) is 23.6 Å². The molecule has 7 rings (SSSR count). The first kappa shape index (κ1) is 48.3. The van der Waals surface area contributed by atoms with Gasteiger partial charge in [0.1, 0.15) is 30.2 Å². The Labute approximate surface area is 388 Å². The van der Waals surface area contributed by atoms with Gasteiger partial charge < -0.3 is 40.6 Å². The molecule has 3 amide bonds. The number of benzene rings is 1. The highest BCUT2D eigenvalue weighted by molar-refractivity contribution is 7.86. The summed E-state index contributed by atoms with van der Waals surface area (Å²) in [4.78, 5) is 77.1. The predicted octanol–water partition coefficient (Wildman–Crippen LogP) is 3.57. The van der Waals surface area contributed by atoms with Crippen LogP contribution in [0.15, 0.2) is 35.7 Å². The number of nitrogens with zero attached hydrogens (tertiary/aromatic N) is 8. The van der Waals surface area contributed by atoms with Crippen LogP contribution in [0, 0.1) is 19.8 Å². The van der Waals surface area contributed by atoms with E-state index in [0.29, 0.717) is 53.4 Å². The summed E-state index contributed by atoms with van der Waals surface area (Å²) in [5.41, 5.74) is 2.88. The lowest BCUT2D eigenvalue weighted by atomic mass is 9.83. The Morgan fingerprint density at radius 1 is 1.00 bits per heavy atom. The number of aromatic nitrogens is 6. The van der Waals surface area contributed by atoms with Crippen molar-refractivity contribution in [1.29, 1.82) is 0 Å². The highest BCUT2D eigenvalue weighted by atomic mass is 32.2. The standard InChI is InChI=1S/C46H65N13O6S/c1-28-29(2)55-56-40(28)54-41-35-21-38(66(64)46(4,5)6)37(22-36(35)50-27-51-41)65-19-11-14-57-15-17-58(18-16-57)45-48-23-32(24-49-45)43(62)52-33-20-34(26-60)59(25-33)44(63)39(31-12-9-8-10-13-31)53-42(61)30(3)47-7/h21-24,26-27,30-31,33-34,39,47H,8-20,25H2,1-7H3,(H,52,62)(H,53,61)(H2,50,51,54,55,56)/t30-,33?,34?,39?,66?/m0/s1. The van der Waals surface area contributed by atoms with Crippen LogP contribution in [0.5, 0.6) is 5.75 Å². The SMILES string of the molecule is CN[C@@H](C)C(=O)NC(C(=O)N1CC(NC(=O)c2cnc(N3CCN(CCCOc4cc5ncnc(Nc6n[nH]c(C)c6C)c5cc4S(=O)C(C)(C)C)CC3)nc2)CC1C=O)C1CCCCC1. The molecule has 19 nitrogen and oxygen atoms in total. The van der Waals surface area contributed by atoms with Crippen molar-refractivity contribution in [3.63, 3.8) is 0 Å². The molecule has 0 spiro atoms. The smallest absolute Gasteiger partial charge is 0.254 e. The second kappa shape index (κ2) is 21.4. The van der Waals surface area contributed by atoms with Crippen molar-refractivity contribution in [3.05, 3.63) is 47.7 Å². The molecule has 2 saturated heterocycles. The number of rotatable bonds is 17. The van der Waals surface area contributed by atoms with E-state index in [-0.39, 0.29) is 42.2 Å². The van der Waals surface area contributed by atoms with Crippen molar-refractivity contribution in [1.82, 2.24) is 55.9 Å². The van der Waals surface area contributed by atoms with Crippen LogP contribution in [0.25, 0.3) is 10.9 Å². The van der Waals surface area contributed by atoms with Gasteiger partial charge in [-0.2, -0.15) is 5.10 Å². The number of likely N-dealkylation sites (tertiary alicyclic amines) is 1. The number of H-pyrrole nitrogens is 1. The van der Waals surface area contributed by atoms with Crippen LogP contribution in [0.1, 0.15) is 94.3 Å². The number of aryl methyl sites for hydroxylation is 1. The molecule has 1 aliphatic carbocycles. The Bertz CT molecular complexity index is 2380. The highest BCUT2D eigenvalue weighted by Gasteiger charge is 2.42. The first-order chi connectivity index (χ1) is 31.6. The first-order valence-electron chi connectivity index (χ1n) is 23.1. The summed E-state index contributed by atoms with van der Waals surface area (Å²) < 4.78 is 19.7. The number of hydrogen-bond donors (Lipinski definition) is 5. The zero-order valence-electron chi connectivity index (χ0n) is 39.2. The minimum atomic E-state index is -1.39. The number of carbonyl (C=O) groups excluding carboxylic acids is 4. The maximum absolute atomic E-state index is 14.0. The van der Waals surface area contributed by atoms with Crippen LogP contribution < -0.4 is 30.9 Å². The fourth-order valence-corrected chi connectivity index (χ4v) is 9.96. The Hall–Kier alpha value is -5.60. The second-order valence-electron chi connectivity index (χ2n) is 18.7. The van der Waals surface area contributed by atoms with E-state index in [1.807, 2.05) is 46.8 Å². The van der Waals surface area contributed by atoms with E-state index >= 15 is 0 Å². The topological polar surface area (TPSA) is 233 Å². The fourth-order valence-electron chi connectivity index (χ4n) is 8.77. The number of likely N-dealkylation sites (N-methyl/N-ethyl adjacent to an activating group) is 1. The van der Waals surface area contributed by atoms with Gasteiger partial charge in [-0.25, -0.2) is 19.9 Å². The number of fused-ring (bicyclic) bond motifs is 1. The lowest BCUT2D eigenvalue weighted by molar-refractivity contribution is -0.140. The molecule has 3 aromatic heterocycles. The zero-order valence-corrected chi connectivity index (χ0v) is 40.0. The third-order valence-corrected chi connectivity index (χ3v) is 14.8. The van der Waals surface area contributed by atoms with Gasteiger partial charge in [-0.1, -0.05) is 19.3 Å². The van der Waals surface area contributed by atoms with Gasteiger partial charge >= 0.3 is 0 Å². The van der Waals surface area contributed by atoms with Crippen molar-refractivity contribution in [2.24, 2.45) is 5.92 Å². The van der Waals surface area contributed by atoms with Gasteiger partial charge in [0.05, 0.1) is 45.5 Å². The predicted molar refractivity (Wildman–Crippen MR) is 252 cm³/mol. The van der Waals surface area contributed by atoms with Gasteiger partial charge in [0.2, 0.25) is 17.8 Å². The van der Waals surface area contributed by atoms with Gasteiger partial charge in [-0.15, -0.1) is 0 Å². The molecule has 2 aliphatic heterocycles. The number of ether oxygens (including phenoxy) is 1. The summed E-state index contributed by atoms with van der Waals surface area (Å²) in [6.07, 6.45) is 11.0. The molecule has 5 N–H and O–H groups in total. The van der Waals surface area contributed by atoms with Crippen molar-refractivity contribution in [3.8, 4) is 5.75 Å². The summed E-state index contributed by atoms with van der Waals surface area (Å²) in [5, 5.41) is 20.3. The van der Waals surface area contributed by atoms with Crippen molar-refractivity contribution in [2.45, 2.75) is 120 Å². The number of anilines is 3. The first-order valence-corrected chi connectivity index (χ1v) is 24.3. The lowest BCUT2D eigenvalue weighted by Gasteiger charge is -2.34. The molecule has 66 heavy (non-hydrogen) atoms. The van der Waals surface area contributed by atoms with E-state index in [4.69, 9.17) is 4.74 Å². The third kappa shape index (κ3) is 11.3. The number of hydrogen-bond acceptors (Lipinski definition) is 15. The third-order valence-electron chi connectivity index (χ3n) is 13.0. The molecule has 3 fully saturated rings. The maximum Gasteiger partial charge on any atom is 0.254 e. The molecule has 3 aliphatic rings. The van der Waals surface area contributed by atoms with Gasteiger partial charge in [-0.05, 0) is 86.3 Å². The van der Waals surface area contributed by atoms with Gasteiger partial charge in [0.15, 0.2) is 5.82 Å². The molecule has 1 aromatic carbocycles. The Morgan fingerprint density at radius 2 is 1.73 bits per heavy atom. The molecule has 4 unspecified atom stereocenters. The average molecular weight is 928 g/mol. The minimum Gasteiger partial charge on any atom is -0.492 e. The van der Waals surface area contributed by atoms with Gasteiger partial charge in [-0.3, -0.25) is 28.6 Å². The van der Waals surface area contributed by atoms with E-state index in [9.17, 15) is 23.4 Å². The molecule has 0 radical (unpaired) electrons. The molecule has 0 bridgehead atoms. The Balaban J connectivity index is 0.896. The Morgan fingerprint density at radius 3 is 2.38 bits per heavy atom. The van der Waals surface area contributed by atoms with Crippen LogP contribution in [0.2, 0.25) is 0 Å². The van der Waals surface area contributed by atoms with Gasteiger partial charge in [0, 0.05) is 85.2 Å². The number of aldehydes is 1. The van der Waals surface area contributed by atoms with Crippen molar-refractivity contribution < 1.29 is 28.1 Å². The molecule has 20 heteroatoms. The van der Waals surface area contributed by atoms with E-state index in [1.54, 1.807) is 14.0 Å². The summed E-state index contributed by atoms with van der Waals surface area (Å²) in [7, 11) is 0.304. The number of carbonyl (C=O) groups is 4. The average Bonchev–Trinajstić information content (AvgIpc) is 3.89. The van der Waals surface area contributed by atoms with Crippen molar-refractivity contribution in [2.75, 3.05) is 63.1 Å². The van der Waals surface area contributed by atoms with Gasteiger partial charge in [0.25, 0.3) is 5.91 Å². The largest absolute Gasteiger partial charge is 0.492 e. The monoisotopic (exact) mass is 927 g/mol. The minimum absolute atomic E-state index is 0.0134. The van der Waals surface area contributed by atoms with Crippen LogP contribution in [-0.2, 0) is 25.2 Å². The zero-order chi connectivity index (χ0) is 47.1. The molecule has 5 atom stereocenters. The summed E-state index contributed by atoms with van der Waals surface area (Å²) >= 11 is 0. The van der Waals surface area contributed by atoms with E-state index in [0.717, 1.165) is 81.1 Å². The quantitative estimate of drug-likeness (QED) is 0.0753. The number of amides is 3. The lowest BCUT2D eigenvalue weighted by Crippen LogP contribution is -2.57. The summed E-state index contributed by atoms with van der Waals surface area (Å²) in [5.74, 6) is 1.36. The van der Waals surface area contributed by atoms with Crippen LogP contribution >= 0.6 is 0 Å². The normalized spacial score (nSPS) is 19.9. The van der Waals surface area contributed by atoms with Crippen LogP contribution in [-0.4, -0.2) is 150 Å². The number of aromatic amines is 1. The molecule has 356 valence electrons. The summed E-state index contributed by atoms with van der Waals surface area (Å²) in [6, 6.07) is 1.33. The van der Waals surface area contributed by atoms with E-state index in [2.05, 4.69) is 61.2 Å². The fraction of sp³-hybridized carbons (Fsp3) is 0.587. The summed E-state index contributed by atoms with van der Waals surface area (Å²) in [6.45, 7) is 15.9. The second-order valence-corrected chi connectivity index (χ2v) is 20.9. The molecule has 1 saturated carbocycles. The molecule has 4 aromatic rings. The van der Waals surface area contributed by atoms with E-state index < -0.39 is 39.7 Å². The molecular weight excluding hydrogens is 863 g/mol. The maximum atomic E-state index is 14.0. The number of piperazine rings is 1. The molecular formula is C46H65N13O6S. The van der Waals surface area contributed by atoms with Crippen LogP contribution in [0.3, 0.4) is 0 Å². The Kier molecular flexibility index (Phi) is 15.6. The molecule has 5 heterocycles. The van der Waals surface area contributed by atoms with Crippen molar-refractivity contribution >= 4 is 63.3 Å². The van der Waals surface area contributed by atoms with Crippen LogP contribution in [0.4, 0.5) is 17.6 Å². The highest BCUT2D eigenvalue weighted by Crippen LogP contribution is 2.36.